The second-order valence-corrected chi connectivity index (χ2v) is 5.86. The van der Waals surface area contributed by atoms with Gasteiger partial charge in [-0.2, -0.15) is 0 Å². The minimum atomic E-state index is 0.884. The number of hydrogen-bond acceptors (Lipinski definition) is 0. The number of unbranched alkanes of at least 4 members (excludes halogenated alkanes) is 2. The Morgan fingerprint density at radius 1 is 1.00 bits per heavy atom. The standard InChI is InChI=1S/C17H32/c1-3-5-11-16-13-9-7-8-10-14-17(15-16)12-6-4-2/h9,13,16-17H,3-8,10-12,14-15H2,1-2H3/b13-9-. The summed E-state index contributed by atoms with van der Waals surface area (Å²) in [5.41, 5.74) is 0. The third kappa shape index (κ3) is 6.91. The van der Waals surface area contributed by atoms with Crippen molar-refractivity contribution in [3.05, 3.63) is 12.2 Å². The summed E-state index contributed by atoms with van der Waals surface area (Å²) < 4.78 is 0. The van der Waals surface area contributed by atoms with Crippen molar-refractivity contribution in [3.8, 4) is 0 Å². The molecule has 0 heterocycles. The Labute approximate surface area is 109 Å². The maximum Gasteiger partial charge on any atom is -0.0231 e. The van der Waals surface area contributed by atoms with Gasteiger partial charge in [0.05, 0.1) is 0 Å². The van der Waals surface area contributed by atoms with Crippen molar-refractivity contribution in [1.29, 1.82) is 0 Å². The van der Waals surface area contributed by atoms with Gasteiger partial charge in [0.15, 0.2) is 0 Å². The summed E-state index contributed by atoms with van der Waals surface area (Å²) in [7, 11) is 0. The first kappa shape index (κ1) is 14.8. The van der Waals surface area contributed by atoms with E-state index in [4.69, 9.17) is 0 Å². The lowest BCUT2D eigenvalue weighted by molar-refractivity contribution is 0.341. The molecule has 0 saturated heterocycles. The van der Waals surface area contributed by atoms with Crippen LogP contribution in [0.15, 0.2) is 12.2 Å². The fraction of sp³-hybridized carbons (Fsp3) is 0.882. The number of hydrogen-bond donors (Lipinski definition) is 0. The Kier molecular flexibility index (Phi) is 8.48. The highest BCUT2D eigenvalue weighted by molar-refractivity contribution is 4.90. The van der Waals surface area contributed by atoms with E-state index in [1.54, 1.807) is 0 Å². The van der Waals surface area contributed by atoms with Gasteiger partial charge in [-0.15, -0.1) is 0 Å². The molecule has 2 atom stereocenters. The van der Waals surface area contributed by atoms with Gasteiger partial charge in [0, 0.05) is 0 Å². The molecule has 100 valence electrons. The minimum absolute atomic E-state index is 0.884. The monoisotopic (exact) mass is 236 g/mol. The topological polar surface area (TPSA) is 0 Å². The highest BCUT2D eigenvalue weighted by Crippen LogP contribution is 2.29. The SMILES string of the molecule is CCCCC1/C=C\CCCCC(CCCC)C1. The Hall–Kier alpha value is -0.260. The highest BCUT2D eigenvalue weighted by Gasteiger charge is 2.15. The predicted molar refractivity (Wildman–Crippen MR) is 78.3 cm³/mol. The molecule has 1 rings (SSSR count). The van der Waals surface area contributed by atoms with E-state index in [9.17, 15) is 0 Å². The van der Waals surface area contributed by atoms with E-state index < -0.39 is 0 Å². The first-order chi connectivity index (χ1) is 8.36. The molecule has 0 saturated carbocycles. The molecule has 0 aromatic heterocycles. The summed E-state index contributed by atoms with van der Waals surface area (Å²) in [6.45, 7) is 4.64. The zero-order valence-corrected chi connectivity index (χ0v) is 12.1. The lowest BCUT2D eigenvalue weighted by Gasteiger charge is -2.21. The number of allylic oxidation sites excluding steroid dienone is 2. The van der Waals surface area contributed by atoms with Crippen molar-refractivity contribution in [2.24, 2.45) is 11.8 Å². The average Bonchev–Trinajstić information content (AvgIpc) is 2.46. The van der Waals surface area contributed by atoms with Gasteiger partial charge in [0.25, 0.3) is 0 Å². The zero-order valence-electron chi connectivity index (χ0n) is 12.1. The second-order valence-electron chi connectivity index (χ2n) is 5.86. The fourth-order valence-electron chi connectivity index (χ4n) is 3.04. The summed E-state index contributed by atoms with van der Waals surface area (Å²) in [6.07, 6.45) is 20.6. The normalized spacial score (nSPS) is 28.1. The van der Waals surface area contributed by atoms with Crippen LogP contribution in [0.2, 0.25) is 0 Å². The summed E-state index contributed by atoms with van der Waals surface area (Å²) >= 11 is 0. The van der Waals surface area contributed by atoms with Gasteiger partial charge >= 0.3 is 0 Å². The molecule has 0 nitrogen and oxygen atoms in total. The van der Waals surface area contributed by atoms with Crippen LogP contribution in [0, 0.1) is 11.8 Å². The largest absolute Gasteiger partial charge is 0.0883 e. The van der Waals surface area contributed by atoms with Crippen molar-refractivity contribution in [2.75, 3.05) is 0 Å². The van der Waals surface area contributed by atoms with Gasteiger partial charge in [0.1, 0.15) is 0 Å². The smallest absolute Gasteiger partial charge is 0.0231 e. The molecule has 0 amide bonds. The molecule has 17 heavy (non-hydrogen) atoms. The first-order valence-electron chi connectivity index (χ1n) is 8.03. The Balaban J connectivity index is 2.43. The Bertz CT molecular complexity index is 192. The molecular weight excluding hydrogens is 204 g/mol. The molecule has 0 N–H and O–H groups in total. The van der Waals surface area contributed by atoms with E-state index in [1.807, 2.05) is 0 Å². The second kappa shape index (κ2) is 9.74. The average molecular weight is 236 g/mol. The van der Waals surface area contributed by atoms with Gasteiger partial charge in [-0.3, -0.25) is 0 Å². The van der Waals surface area contributed by atoms with Gasteiger partial charge < -0.3 is 0 Å². The molecule has 0 bridgehead atoms. The molecule has 1 aliphatic carbocycles. The van der Waals surface area contributed by atoms with E-state index in [1.165, 1.54) is 70.6 Å². The summed E-state index contributed by atoms with van der Waals surface area (Å²) in [5.74, 6) is 1.90. The molecular formula is C17H32. The van der Waals surface area contributed by atoms with Gasteiger partial charge in [-0.05, 0) is 37.5 Å². The maximum absolute atomic E-state index is 2.54. The van der Waals surface area contributed by atoms with Crippen LogP contribution in [0.5, 0.6) is 0 Å². The molecule has 2 unspecified atom stereocenters. The molecule has 0 heteroatoms. The predicted octanol–water partition coefficient (Wildman–Crippen LogP) is 6.12. The molecule has 0 spiro atoms. The summed E-state index contributed by atoms with van der Waals surface area (Å²) in [6, 6.07) is 0. The first-order valence-corrected chi connectivity index (χ1v) is 8.03. The molecule has 0 aliphatic heterocycles. The maximum atomic E-state index is 2.54. The molecule has 0 fully saturated rings. The van der Waals surface area contributed by atoms with E-state index in [-0.39, 0.29) is 0 Å². The van der Waals surface area contributed by atoms with Crippen LogP contribution in [-0.2, 0) is 0 Å². The molecule has 0 aromatic carbocycles. The highest BCUT2D eigenvalue weighted by atomic mass is 14.2. The molecule has 1 aliphatic rings. The Morgan fingerprint density at radius 3 is 2.53 bits per heavy atom. The van der Waals surface area contributed by atoms with Crippen molar-refractivity contribution in [3.63, 3.8) is 0 Å². The fourth-order valence-corrected chi connectivity index (χ4v) is 3.04. The van der Waals surface area contributed by atoms with Gasteiger partial charge in [0.2, 0.25) is 0 Å². The van der Waals surface area contributed by atoms with Crippen LogP contribution < -0.4 is 0 Å². The Morgan fingerprint density at radius 2 is 1.76 bits per heavy atom. The van der Waals surface area contributed by atoms with Crippen molar-refractivity contribution >= 4 is 0 Å². The minimum Gasteiger partial charge on any atom is -0.0883 e. The van der Waals surface area contributed by atoms with Crippen molar-refractivity contribution in [2.45, 2.75) is 84.5 Å². The summed E-state index contributed by atoms with van der Waals surface area (Å²) in [5, 5.41) is 0. The van der Waals surface area contributed by atoms with Crippen LogP contribution in [0.1, 0.15) is 84.5 Å². The van der Waals surface area contributed by atoms with Crippen LogP contribution in [0.3, 0.4) is 0 Å². The van der Waals surface area contributed by atoms with Crippen LogP contribution >= 0.6 is 0 Å². The quantitative estimate of drug-likeness (QED) is 0.487. The molecule has 0 radical (unpaired) electrons. The number of rotatable bonds is 6. The van der Waals surface area contributed by atoms with Gasteiger partial charge in [-0.25, -0.2) is 0 Å². The summed E-state index contributed by atoms with van der Waals surface area (Å²) in [4.78, 5) is 0. The van der Waals surface area contributed by atoms with Crippen LogP contribution in [0.4, 0.5) is 0 Å². The van der Waals surface area contributed by atoms with Gasteiger partial charge in [-0.1, -0.05) is 70.9 Å². The third-order valence-electron chi connectivity index (χ3n) is 4.17. The van der Waals surface area contributed by atoms with Crippen molar-refractivity contribution < 1.29 is 0 Å². The van der Waals surface area contributed by atoms with E-state index in [0.29, 0.717) is 0 Å². The third-order valence-corrected chi connectivity index (χ3v) is 4.17. The van der Waals surface area contributed by atoms with Crippen LogP contribution in [0.25, 0.3) is 0 Å². The lowest BCUT2D eigenvalue weighted by atomic mass is 9.85. The molecule has 0 aromatic rings. The lowest BCUT2D eigenvalue weighted by Crippen LogP contribution is -2.07. The van der Waals surface area contributed by atoms with Crippen LogP contribution in [-0.4, -0.2) is 0 Å². The van der Waals surface area contributed by atoms with E-state index >= 15 is 0 Å². The van der Waals surface area contributed by atoms with E-state index in [2.05, 4.69) is 26.0 Å². The zero-order chi connectivity index (χ0) is 12.3. The van der Waals surface area contributed by atoms with Crippen molar-refractivity contribution in [1.82, 2.24) is 0 Å². The van der Waals surface area contributed by atoms with E-state index in [0.717, 1.165) is 11.8 Å².